The second-order valence-electron chi connectivity index (χ2n) is 6.41. The maximum absolute atomic E-state index is 12.7. The number of aromatic nitrogens is 4. The number of aryl methyl sites for hydroxylation is 2. The molecule has 9 heteroatoms. The van der Waals surface area contributed by atoms with Gasteiger partial charge in [-0.2, -0.15) is 13.2 Å². The Hall–Kier alpha value is -3.36. The van der Waals surface area contributed by atoms with Crippen LogP contribution in [-0.4, -0.2) is 19.2 Å². The summed E-state index contributed by atoms with van der Waals surface area (Å²) >= 11 is 0. The highest BCUT2D eigenvalue weighted by molar-refractivity contribution is 5.64. The minimum Gasteiger partial charge on any atom is -0.444 e. The third-order valence-electron chi connectivity index (χ3n) is 4.48. The first-order valence-corrected chi connectivity index (χ1v) is 8.42. The lowest BCUT2D eigenvalue weighted by atomic mass is 10.1. The van der Waals surface area contributed by atoms with Crippen molar-refractivity contribution < 1.29 is 17.6 Å². The Balaban J connectivity index is 1.69. The fourth-order valence-corrected chi connectivity index (χ4v) is 2.88. The molecule has 3 aromatic heterocycles. The summed E-state index contributed by atoms with van der Waals surface area (Å²) in [5.41, 5.74) is 1.22. The summed E-state index contributed by atoms with van der Waals surface area (Å²) in [5.74, 6) is 1.06. The van der Waals surface area contributed by atoms with Gasteiger partial charge in [0.05, 0.1) is 11.3 Å². The minimum absolute atomic E-state index is 0.0881. The van der Waals surface area contributed by atoms with Crippen molar-refractivity contribution >= 4 is 5.65 Å². The third-order valence-corrected chi connectivity index (χ3v) is 4.48. The Morgan fingerprint density at radius 1 is 1.04 bits per heavy atom. The number of alkyl halides is 3. The molecule has 6 nitrogen and oxygen atoms in total. The number of halogens is 3. The third kappa shape index (κ3) is 3.19. The standard InChI is InChI=1S/C19H15F3N4O2/c1-11-12(2)28-17(23-11)10-26-18(27)25-9-14(5-8-16(25)24-26)13-3-6-15(7-4-13)19(20,21)22/h3-9H,10H2,1-2H3. The van der Waals surface area contributed by atoms with Crippen LogP contribution in [-0.2, 0) is 12.7 Å². The zero-order valence-corrected chi connectivity index (χ0v) is 15.0. The molecule has 0 fully saturated rings. The quantitative estimate of drug-likeness (QED) is 0.535. The van der Waals surface area contributed by atoms with Crippen LogP contribution < -0.4 is 5.69 Å². The Morgan fingerprint density at radius 3 is 2.32 bits per heavy atom. The van der Waals surface area contributed by atoms with Crippen molar-refractivity contribution in [1.82, 2.24) is 19.2 Å². The van der Waals surface area contributed by atoms with Crippen molar-refractivity contribution in [2.24, 2.45) is 0 Å². The molecule has 0 aliphatic rings. The van der Waals surface area contributed by atoms with Gasteiger partial charge in [0.2, 0.25) is 5.89 Å². The summed E-state index contributed by atoms with van der Waals surface area (Å²) in [6, 6.07) is 8.11. The van der Waals surface area contributed by atoms with Gasteiger partial charge in [-0.25, -0.2) is 18.9 Å². The number of hydrogen-bond donors (Lipinski definition) is 0. The van der Waals surface area contributed by atoms with Crippen LogP contribution in [0.5, 0.6) is 0 Å². The molecule has 0 unspecified atom stereocenters. The lowest BCUT2D eigenvalue weighted by Gasteiger charge is -2.07. The van der Waals surface area contributed by atoms with Gasteiger partial charge >= 0.3 is 11.9 Å². The Labute approximate surface area is 156 Å². The first-order chi connectivity index (χ1) is 13.2. The van der Waals surface area contributed by atoms with Crippen molar-refractivity contribution in [3.05, 3.63) is 76.0 Å². The highest BCUT2D eigenvalue weighted by Crippen LogP contribution is 2.30. The van der Waals surface area contributed by atoms with Crippen LogP contribution >= 0.6 is 0 Å². The first-order valence-electron chi connectivity index (χ1n) is 8.42. The molecule has 0 atom stereocenters. The fourth-order valence-electron chi connectivity index (χ4n) is 2.88. The van der Waals surface area contributed by atoms with Crippen molar-refractivity contribution in [2.45, 2.75) is 26.6 Å². The number of pyridine rings is 1. The number of fused-ring (bicyclic) bond motifs is 1. The van der Waals surface area contributed by atoms with Crippen LogP contribution in [0.1, 0.15) is 22.9 Å². The van der Waals surface area contributed by atoms with Crippen LogP contribution in [0.3, 0.4) is 0 Å². The van der Waals surface area contributed by atoms with Crippen LogP contribution in [0.4, 0.5) is 13.2 Å². The lowest BCUT2D eigenvalue weighted by Crippen LogP contribution is -2.21. The zero-order chi connectivity index (χ0) is 20.1. The van der Waals surface area contributed by atoms with E-state index in [1.54, 1.807) is 25.3 Å². The first kappa shape index (κ1) is 18.0. The van der Waals surface area contributed by atoms with Crippen LogP contribution in [0.15, 0.2) is 51.8 Å². The van der Waals surface area contributed by atoms with E-state index in [1.807, 2.05) is 6.92 Å². The van der Waals surface area contributed by atoms with E-state index in [0.717, 1.165) is 17.8 Å². The van der Waals surface area contributed by atoms with E-state index in [2.05, 4.69) is 10.1 Å². The molecule has 4 aromatic rings. The normalized spacial score (nSPS) is 12.0. The topological polar surface area (TPSA) is 65.3 Å². The van der Waals surface area contributed by atoms with E-state index in [4.69, 9.17) is 4.42 Å². The molecule has 4 rings (SSSR count). The number of oxazole rings is 1. The minimum atomic E-state index is -4.39. The predicted molar refractivity (Wildman–Crippen MR) is 95.0 cm³/mol. The molecule has 0 saturated carbocycles. The summed E-state index contributed by atoms with van der Waals surface area (Å²) in [7, 11) is 0. The monoisotopic (exact) mass is 388 g/mol. The molecule has 0 aliphatic heterocycles. The second-order valence-corrected chi connectivity index (χ2v) is 6.41. The molecular formula is C19H15F3N4O2. The predicted octanol–water partition coefficient (Wildman–Crippen LogP) is 3.83. The Kier molecular flexibility index (Phi) is 4.10. The van der Waals surface area contributed by atoms with Gasteiger partial charge in [-0.1, -0.05) is 12.1 Å². The van der Waals surface area contributed by atoms with E-state index >= 15 is 0 Å². The van der Waals surface area contributed by atoms with Crippen molar-refractivity contribution in [2.75, 3.05) is 0 Å². The average Bonchev–Trinajstić information content (AvgIpc) is 3.13. The smallest absolute Gasteiger partial charge is 0.416 e. The van der Waals surface area contributed by atoms with Crippen LogP contribution in [0.2, 0.25) is 0 Å². The zero-order valence-electron chi connectivity index (χ0n) is 15.0. The highest BCUT2D eigenvalue weighted by atomic mass is 19.4. The van der Waals surface area contributed by atoms with E-state index < -0.39 is 17.4 Å². The summed E-state index contributed by atoms with van der Waals surface area (Å²) in [5, 5.41) is 4.25. The number of benzene rings is 1. The van der Waals surface area contributed by atoms with Gasteiger partial charge in [0, 0.05) is 6.20 Å². The van der Waals surface area contributed by atoms with Gasteiger partial charge in [0.25, 0.3) is 0 Å². The van der Waals surface area contributed by atoms with E-state index in [0.29, 0.717) is 28.4 Å². The number of rotatable bonds is 3. The van der Waals surface area contributed by atoms with Gasteiger partial charge in [-0.15, -0.1) is 5.10 Å². The van der Waals surface area contributed by atoms with Crippen LogP contribution in [0.25, 0.3) is 16.8 Å². The van der Waals surface area contributed by atoms with Gasteiger partial charge < -0.3 is 4.42 Å². The molecule has 1 aromatic carbocycles. The molecule has 0 spiro atoms. The van der Waals surface area contributed by atoms with E-state index in [-0.39, 0.29) is 6.54 Å². The molecule has 0 saturated heterocycles. The van der Waals surface area contributed by atoms with Gasteiger partial charge in [-0.05, 0) is 49.2 Å². The molecule has 3 heterocycles. The summed E-state index contributed by atoms with van der Waals surface area (Å²) < 4.78 is 46.2. The van der Waals surface area contributed by atoms with Crippen LogP contribution in [0, 0.1) is 13.8 Å². The average molecular weight is 388 g/mol. The number of nitrogens with zero attached hydrogens (tertiary/aromatic N) is 4. The molecule has 0 amide bonds. The summed E-state index contributed by atoms with van der Waals surface area (Å²) in [6.07, 6.45) is -2.84. The van der Waals surface area contributed by atoms with Crippen molar-refractivity contribution in [1.29, 1.82) is 0 Å². The van der Waals surface area contributed by atoms with E-state index in [1.165, 1.54) is 21.2 Å². The maximum Gasteiger partial charge on any atom is 0.416 e. The molecule has 0 aliphatic carbocycles. The lowest BCUT2D eigenvalue weighted by molar-refractivity contribution is -0.137. The van der Waals surface area contributed by atoms with Gasteiger partial charge in [0.1, 0.15) is 12.3 Å². The molecular weight excluding hydrogens is 373 g/mol. The van der Waals surface area contributed by atoms with Crippen molar-refractivity contribution in [3.63, 3.8) is 0 Å². The summed E-state index contributed by atoms with van der Waals surface area (Å²) in [4.78, 5) is 16.9. The molecule has 28 heavy (non-hydrogen) atoms. The van der Waals surface area contributed by atoms with E-state index in [9.17, 15) is 18.0 Å². The van der Waals surface area contributed by atoms with Gasteiger partial charge in [-0.3, -0.25) is 0 Å². The maximum atomic E-state index is 12.7. The fraction of sp³-hybridized carbons (Fsp3) is 0.211. The Morgan fingerprint density at radius 2 is 1.71 bits per heavy atom. The molecule has 144 valence electrons. The Bertz CT molecular complexity index is 1200. The molecule has 0 bridgehead atoms. The van der Waals surface area contributed by atoms with Crippen molar-refractivity contribution in [3.8, 4) is 11.1 Å². The SMILES string of the molecule is Cc1nc(Cn2nc3ccc(-c4ccc(C(F)(F)F)cc4)cn3c2=O)oc1C. The summed E-state index contributed by atoms with van der Waals surface area (Å²) in [6.45, 7) is 3.69. The second kappa shape index (κ2) is 6.36. The van der Waals surface area contributed by atoms with Gasteiger partial charge in [0.15, 0.2) is 5.65 Å². The highest BCUT2D eigenvalue weighted by Gasteiger charge is 2.30. The molecule has 0 N–H and O–H groups in total. The molecule has 0 radical (unpaired) electrons. The number of hydrogen-bond acceptors (Lipinski definition) is 4. The largest absolute Gasteiger partial charge is 0.444 e.